The summed E-state index contributed by atoms with van der Waals surface area (Å²) in [5, 5.41) is 1.34. The number of aromatic amines is 1. The van der Waals surface area contributed by atoms with Crippen LogP contribution in [0.5, 0.6) is 0 Å². The largest absolute Gasteiger partial charge is 0.368 e. The molecule has 1 atom stereocenters. The third-order valence-electron chi connectivity index (χ3n) is 5.67. The summed E-state index contributed by atoms with van der Waals surface area (Å²) in [6, 6.07) is 6.60. The molecular formula is C20H26N2O2. The molecule has 1 unspecified atom stereocenters. The van der Waals surface area contributed by atoms with Crippen LogP contribution in [0, 0.1) is 13.8 Å². The molecule has 0 saturated carbocycles. The van der Waals surface area contributed by atoms with Gasteiger partial charge in [-0.05, 0) is 57.2 Å². The second kappa shape index (κ2) is 6.25. The van der Waals surface area contributed by atoms with Gasteiger partial charge in [0.05, 0.1) is 0 Å². The fourth-order valence-corrected chi connectivity index (χ4v) is 4.23. The molecule has 2 aliphatic heterocycles. The molecule has 0 spiro atoms. The zero-order valence-corrected chi connectivity index (χ0v) is 14.6. The minimum absolute atomic E-state index is 0.181. The molecule has 0 radical (unpaired) electrons. The molecule has 1 aromatic carbocycles. The summed E-state index contributed by atoms with van der Waals surface area (Å²) in [5.41, 5.74) is 5.26. The van der Waals surface area contributed by atoms with Gasteiger partial charge in [0, 0.05) is 42.2 Å². The van der Waals surface area contributed by atoms with Gasteiger partial charge in [-0.2, -0.15) is 0 Å². The van der Waals surface area contributed by atoms with Crippen molar-refractivity contribution in [3.05, 3.63) is 35.0 Å². The van der Waals surface area contributed by atoms with Crippen LogP contribution in [0.3, 0.4) is 0 Å². The molecule has 2 aromatic rings. The van der Waals surface area contributed by atoms with Gasteiger partial charge in [-0.15, -0.1) is 0 Å². The van der Waals surface area contributed by atoms with E-state index in [1.165, 1.54) is 27.7 Å². The van der Waals surface area contributed by atoms with Gasteiger partial charge >= 0.3 is 0 Å². The molecule has 0 bridgehead atoms. The van der Waals surface area contributed by atoms with Crippen molar-refractivity contribution in [3.8, 4) is 0 Å². The van der Waals surface area contributed by atoms with Gasteiger partial charge in [-0.25, -0.2) is 0 Å². The van der Waals surface area contributed by atoms with E-state index in [1.807, 2.05) is 4.90 Å². The van der Waals surface area contributed by atoms with E-state index in [-0.39, 0.29) is 12.0 Å². The number of hydrogen-bond donors (Lipinski definition) is 1. The molecule has 2 fully saturated rings. The maximum atomic E-state index is 12.5. The van der Waals surface area contributed by atoms with Crippen LogP contribution in [0.1, 0.15) is 48.4 Å². The van der Waals surface area contributed by atoms with Gasteiger partial charge in [0.2, 0.25) is 0 Å². The monoisotopic (exact) mass is 326 g/mol. The van der Waals surface area contributed by atoms with Crippen molar-refractivity contribution in [1.82, 2.24) is 9.88 Å². The molecule has 2 saturated heterocycles. The van der Waals surface area contributed by atoms with E-state index in [1.54, 1.807) is 0 Å². The average Bonchev–Trinajstić information content (AvgIpc) is 3.24. The van der Waals surface area contributed by atoms with E-state index in [2.05, 4.69) is 37.0 Å². The Morgan fingerprint density at radius 1 is 1.21 bits per heavy atom. The molecular weight excluding hydrogens is 300 g/mol. The van der Waals surface area contributed by atoms with E-state index in [4.69, 9.17) is 4.74 Å². The number of nitrogens with one attached hydrogen (secondary N) is 1. The SMILES string of the molecule is Cc1ccc2[nH]c(C3CCN(C(=O)C4CCCO4)CC3)c(C)c2c1. The van der Waals surface area contributed by atoms with Gasteiger partial charge in [0.1, 0.15) is 6.10 Å². The normalized spacial score (nSPS) is 22.4. The predicted octanol–water partition coefficient (Wildman–Crippen LogP) is 3.67. The number of H-pyrrole nitrogens is 1. The van der Waals surface area contributed by atoms with Crippen LogP contribution in [-0.2, 0) is 9.53 Å². The molecule has 1 amide bonds. The van der Waals surface area contributed by atoms with Crippen LogP contribution in [-0.4, -0.2) is 41.6 Å². The van der Waals surface area contributed by atoms with Gasteiger partial charge < -0.3 is 14.6 Å². The van der Waals surface area contributed by atoms with E-state index in [0.717, 1.165) is 45.4 Å². The first-order chi connectivity index (χ1) is 11.6. The van der Waals surface area contributed by atoms with Crippen molar-refractivity contribution >= 4 is 16.8 Å². The number of carbonyl (C=O) groups excluding carboxylic acids is 1. The number of hydrogen-bond acceptors (Lipinski definition) is 2. The third kappa shape index (κ3) is 2.73. The highest BCUT2D eigenvalue weighted by Crippen LogP contribution is 2.34. The average molecular weight is 326 g/mol. The molecule has 1 N–H and O–H groups in total. The summed E-state index contributed by atoms with van der Waals surface area (Å²) < 4.78 is 5.55. The van der Waals surface area contributed by atoms with Crippen molar-refractivity contribution in [1.29, 1.82) is 0 Å². The van der Waals surface area contributed by atoms with Crippen LogP contribution >= 0.6 is 0 Å². The predicted molar refractivity (Wildman–Crippen MR) is 95.3 cm³/mol. The highest BCUT2D eigenvalue weighted by Gasteiger charge is 2.32. The Kier molecular flexibility index (Phi) is 4.09. The summed E-state index contributed by atoms with van der Waals surface area (Å²) in [6.07, 6.45) is 3.79. The van der Waals surface area contributed by atoms with Crippen molar-refractivity contribution in [2.45, 2.75) is 51.6 Å². The number of likely N-dealkylation sites (tertiary alicyclic amines) is 1. The van der Waals surface area contributed by atoms with Gasteiger partial charge in [0.25, 0.3) is 5.91 Å². The maximum Gasteiger partial charge on any atom is 0.251 e. The van der Waals surface area contributed by atoms with Crippen molar-refractivity contribution < 1.29 is 9.53 Å². The summed E-state index contributed by atoms with van der Waals surface area (Å²) in [5.74, 6) is 0.723. The van der Waals surface area contributed by atoms with E-state index < -0.39 is 0 Å². The molecule has 2 aliphatic rings. The lowest BCUT2D eigenvalue weighted by molar-refractivity contribution is -0.142. The Morgan fingerprint density at radius 3 is 2.71 bits per heavy atom. The first-order valence-corrected chi connectivity index (χ1v) is 9.12. The molecule has 1 aromatic heterocycles. The first kappa shape index (κ1) is 15.7. The van der Waals surface area contributed by atoms with E-state index in [0.29, 0.717) is 5.92 Å². The first-order valence-electron chi connectivity index (χ1n) is 9.12. The summed E-state index contributed by atoms with van der Waals surface area (Å²) in [6.45, 7) is 6.78. The van der Waals surface area contributed by atoms with Gasteiger partial charge in [-0.3, -0.25) is 4.79 Å². The molecule has 0 aliphatic carbocycles. The Hall–Kier alpha value is -1.81. The Balaban J connectivity index is 1.48. The van der Waals surface area contributed by atoms with Crippen molar-refractivity contribution in [2.24, 2.45) is 0 Å². The number of rotatable bonds is 2. The Bertz CT molecular complexity index is 750. The third-order valence-corrected chi connectivity index (χ3v) is 5.67. The highest BCUT2D eigenvalue weighted by molar-refractivity contribution is 5.85. The standard InChI is InChI=1S/C20H26N2O2/c1-13-5-6-17-16(12-13)14(2)19(21-17)15-7-9-22(10-8-15)20(23)18-4-3-11-24-18/h5-6,12,15,18,21H,3-4,7-11H2,1-2H3. The minimum atomic E-state index is -0.181. The molecule has 24 heavy (non-hydrogen) atoms. The lowest BCUT2D eigenvalue weighted by Gasteiger charge is -2.33. The number of carbonyl (C=O) groups is 1. The lowest BCUT2D eigenvalue weighted by atomic mass is 9.91. The molecule has 4 heteroatoms. The molecule has 4 rings (SSSR count). The fraction of sp³-hybridized carbons (Fsp3) is 0.550. The zero-order chi connectivity index (χ0) is 16.7. The van der Waals surface area contributed by atoms with Crippen molar-refractivity contribution in [3.63, 3.8) is 0 Å². The number of benzene rings is 1. The number of amides is 1. The molecule has 4 nitrogen and oxygen atoms in total. The Labute approximate surface area is 143 Å². The van der Waals surface area contributed by atoms with E-state index >= 15 is 0 Å². The number of nitrogens with zero attached hydrogens (tertiary/aromatic N) is 1. The Morgan fingerprint density at radius 2 is 2.00 bits per heavy atom. The zero-order valence-electron chi connectivity index (χ0n) is 14.6. The smallest absolute Gasteiger partial charge is 0.251 e. The topological polar surface area (TPSA) is 45.3 Å². The minimum Gasteiger partial charge on any atom is -0.368 e. The summed E-state index contributed by atoms with van der Waals surface area (Å²) >= 11 is 0. The maximum absolute atomic E-state index is 12.5. The number of aromatic nitrogens is 1. The number of aryl methyl sites for hydroxylation is 2. The molecule has 3 heterocycles. The summed E-state index contributed by atoms with van der Waals surface area (Å²) in [7, 11) is 0. The van der Waals surface area contributed by atoms with Gasteiger partial charge in [-0.1, -0.05) is 11.6 Å². The van der Waals surface area contributed by atoms with Crippen LogP contribution in [0.25, 0.3) is 10.9 Å². The van der Waals surface area contributed by atoms with Crippen LogP contribution in [0.2, 0.25) is 0 Å². The van der Waals surface area contributed by atoms with Crippen molar-refractivity contribution in [2.75, 3.05) is 19.7 Å². The van der Waals surface area contributed by atoms with Crippen LogP contribution in [0.4, 0.5) is 0 Å². The highest BCUT2D eigenvalue weighted by atomic mass is 16.5. The fourth-order valence-electron chi connectivity index (χ4n) is 4.23. The number of ether oxygens (including phenoxy) is 1. The summed E-state index contributed by atoms with van der Waals surface area (Å²) in [4.78, 5) is 18.1. The second-order valence-electron chi connectivity index (χ2n) is 7.31. The lowest BCUT2D eigenvalue weighted by Crippen LogP contribution is -2.43. The number of piperidine rings is 1. The second-order valence-corrected chi connectivity index (χ2v) is 7.31. The van der Waals surface area contributed by atoms with Crippen LogP contribution in [0.15, 0.2) is 18.2 Å². The molecule has 128 valence electrons. The van der Waals surface area contributed by atoms with Crippen LogP contribution < -0.4 is 0 Å². The number of fused-ring (bicyclic) bond motifs is 1. The van der Waals surface area contributed by atoms with E-state index in [9.17, 15) is 4.79 Å². The quantitative estimate of drug-likeness (QED) is 0.915. The van der Waals surface area contributed by atoms with Gasteiger partial charge in [0.15, 0.2) is 0 Å².